The Morgan fingerprint density at radius 2 is 1.94 bits per heavy atom. The van der Waals surface area contributed by atoms with E-state index in [1.54, 1.807) is 7.11 Å². The second kappa shape index (κ2) is 6.12. The molecule has 16 heavy (non-hydrogen) atoms. The lowest BCUT2D eigenvalue weighted by Crippen LogP contribution is -2.26. The first kappa shape index (κ1) is 12.5. The summed E-state index contributed by atoms with van der Waals surface area (Å²) in [4.78, 5) is 11.3. The fourth-order valence-corrected chi connectivity index (χ4v) is 1.48. The summed E-state index contributed by atoms with van der Waals surface area (Å²) in [5, 5.41) is 0. The fourth-order valence-electron chi connectivity index (χ4n) is 1.48. The number of hydrogen-bond donors (Lipinski definition) is 1. The molecule has 0 aliphatic carbocycles. The summed E-state index contributed by atoms with van der Waals surface area (Å²) < 4.78 is 9.73. The Hall–Kier alpha value is -1.55. The third-order valence-electron chi connectivity index (χ3n) is 2.46. The van der Waals surface area contributed by atoms with Gasteiger partial charge in [0.2, 0.25) is 0 Å². The lowest BCUT2D eigenvalue weighted by molar-refractivity contribution is -0.145. The van der Waals surface area contributed by atoms with Crippen molar-refractivity contribution in [1.82, 2.24) is 0 Å². The summed E-state index contributed by atoms with van der Waals surface area (Å²) in [6.45, 7) is 0.290. The average molecular weight is 223 g/mol. The van der Waals surface area contributed by atoms with Crippen molar-refractivity contribution in [3.63, 3.8) is 0 Å². The molecule has 0 aliphatic heterocycles. The molecular formula is C12H17NO3. The fraction of sp³-hybridized carbons (Fsp3) is 0.417. The Morgan fingerprint density at radius 1 is 1.31 bits per heavy atom. The number of rotatable bonds is 5. The van der Waals surface area contributed by atoms with Gasteiger partial charge in [0.05, 0.1) is 20.1 Å². The van der Waals surface area contributed by atoms with Crippen LogP contribution in [0.5, 0.6) is 5.75 Å². The van der Waals surface area contributed by atoms with E-state index < -0.39 is 0 Å². The van der Waals surface area contributed by atoms with E-state index in [9.17, 15) is 4.79 Å². The number of nitrogens with two attached hydrogens (primary N) is 1. The predicted octanol–water partition coefficient (Wildman–Crippen LogP) is 0.986. The minimum atomic E-state index is -0.279. The quantitative estimate of drug-likeness (QED) is 0.756. The molecule has 2 N–H and O–H groups in total. The highest BCUT2D eigenvalue weighted by molar-refractivity contribution is 5.72. The maximum absolute atomic E-state index is 11.3. The van der Waals surface area contributed by atoms with E-state index in [1.165, 1.54) is 7.11 Å². The molecular weight excluding hydrogens is 206 g/mol. The van der Waals surface area contributed by atoms with Gasteiger partial charge in [-0.15, -0.1) is 0 Å². The number of methoxy groups -OCH3 is 2. The molecule has 88 valence electrons. The van der Waals surface area contributed by atoms with Crippen LogP contribution in [0.2, 0.25) is 0 Å². The third-order valence-corrected chi connectivity index (χ3v) is 2.46. The number of carbonyl (C=O) groups excluding carboxylic acids is 1. The maximum atomic E-state index is 11.3. The Morgan fingerprint density at radius 3 is 2.38 bits per heavy atom. The van der Waals surface area contributed by atoms with Crippen LogP contribution in [0.25, 0.3) is 0 Å². The summed E-state index contributed by atoms with van der Waals surface area (Å²) in [7, 11) is 2.99. The second-order valence-corrected chi connectivity index (χ2v) is 3.51. The van der Waals surface area contributed by atoms with Gasteiger partial charge >= 0.3 is 5.97 Å². The highest BCUT2D eigenvalue weighted by atomic mass is 16.5. The van der Waals surface area contributed by atoms with Crippen LogP contribution in [-0.2, 0) is 16.0 Å². The number of esters is 1. The first-order chi connectivity index (χ1) is 7.71. The summed E-state index contributed by atoms with van der Waals surface area (Å²) >= 11 is 0. The monoisotopic (exact) mass is 223 g/mol. The van der Waals surface area contributed by atoms with Crippen LogP contribution in [0.3, 0.4) is 0 Å². The first-order valence-electron chi connectivity index (χ1n) is 5.12. The summed E-state index contributed by atoms with van der Waals surface area (Å²) in [5.74, 6) is 0.253. The standard InChI is InChI=1S/C12H17NO3/c1-15-11-5-3-9(4-6-11)7-10(8-13)12(14)16-2/h3-6,10H,7-8,13H2,1-2H3/t10-/m0/s1. The van der Waals surface area contributed by atoms with Crippen molar-refractivity contribution in [1.29, 1.82) is 0 Å². The van der Waals surface area contributed by atoms with Gasteiger partial charge in [-0.25, -0.2) is 0 Å². The molecule has 4 nitrogen and oxygen atoms in total. The molecule has 1 atom stereocenters. The zero-order chi connectivity index (χ0) is 12.0. The zero-order valence-corrected chi connectivity index (χ0v) is 9.60. The molecule has 0 saturated heterocycles. The number of benzene rings is 1. The van der Waals surface area contributed by atoms with Gasteiger partial charge in [0.15, 0.2) is 0 Å². The van der Waals surface area contributed by atoms with Gasteiger partial charge in [0.25, 0.3) is 0 Å². The van der Waals surface area contributed by atoms with Crippen molar-refractivity contribution >= 4 is 5.97 Å². The van der Waals surface area contributed by atoms with E-state index in [4.69, 9.17) is 10.5 Å². The van der Waals surface area contributed by atoms with Crippen molar-refractivity contribution in [2.75, 3.05) is 20.8 Å². The summed E-state index contributed by atoms with van der Waals surface area (Å²) in [6.07, 6.45) is 0.590. The van der Waals surface area contributed by atoms with Gasteiger partial charge in [0, 0.05) is 6.54 Å². The van der Waals surface area contributed by atoms with Gasteiger partial charge in [-0.05, 0) is 24.1 Å². The number of ether oxygens (including phenoxy) is 2. The van der Waals surface area contributed by atoms with Crippen LogP contribution in [0, 0.1) is 5.92 Å². The van der Waals surface area contributed by atoms with Gasteiger partial charge in [-0.2, -0.15) is 0 Å². The highest BCUT2D eigenvalue weighted by Gasteiger charge is 2.17. The van der Waals surface area contributed by atoms with Crippen LogP contribution < -0.4 is 10.5 Å². The van der Waals surface area contributed by atoms with Crippen LogP contribution in [-0.4, -0.2) is 26.7 Å². The van der Waals surface area contributed by atoms with E-state index >= 15 is 0 Å². The van der Waals surface area contributed by atoms with Crippen molar-refractivity contribution in [3.8, 4) is 5.75 Å². The zero-order valence-electron chi connectivity index (χ0n) is 9.60. The van der Waals surface area contributed by atoms with Crippen LogP contribution in [0.15, 0.2) is 24.3 Å². The van der Waals surface area contributed by atoms with Gasteiger partial charge in [-0.1, -0.05) is 12.1 Å². The van der Waals surface area contributed by atoms with Gasteiger partial charge in [0.1, 0.15) is 5.75 Å². The number of hydrogen-bond acceptors (Lipinski definition) is 4. The van der Waals surface area contributed by atoms with E-state index in [1.807, 2.05) is 24.3 Å². The van der Waals surface area contributed by atoms with Crippen molar-refractivity contribution < 1.29 is 14.3 Å². The first-order valence-corrected chi connectivity index (χ1v) is 5.12. The SMILES string of the molecule is COC(=O)[C@H](CN)Cc1ccc(OC)cc1. The Balaban J connectivity index is 2.66. The topological polar surface area (TPSA) is 61.5 Å². The Bertz CT molecular complexity index is 335. The van der Waals surface area contributed by atoms with E-state index in [-0.39, 0.29) is 11.9 Å². The van der Waals surface area contributed by atoms with Crippen LogP contribution >= 0.6 is 0 Å². The molecule has 1 aromatic carbocycles. The molecule has 0 bridgehead atoms. The van der Waals surface area contributed by atoms with Crippen molar-refractivity contribution in [3.05, 3.63) is 29.8 Å². The molecule has 0 unspecified atom stereocenters. The van der Waals surface area contributed by atoms with E-state index in [2.05, 4.69) is 4.74 Å². The van der Waals surface area contributed by atoms with E-state index in [0.717, 1.165) is 11.3 Å². The van der Waals surface area contributed by atoms with Gasteiger partial charge in [-0.3, -0.25) is 4.79 Å². The third kappa shape index (κ3) is 3.24. The highest BCUT2D eigenvalue weighted by Crippen LogP contribution is 2.14. The largest absolute Gasteiger partial charge is 0.497 e. The molecule has 0 fully saturated rings. The molecule has 0 aliphatic rings. The van der Waals surface area contributed by atoms with Crippen LogP contribution in [0.1, 0.15) is 5.56 Å². The molecule has 0 heterocycles. The molecule has 1 rings (SSSR count). The van der Waals surface area contributed by atoms with Crippen LogP contribution in [0.4, 0.5) is 0 Å². The Labute approximate surface area is 95.3 Å². The normalized spacial score (nSPS) is 11.9. The predicted molar refractivity (Wildman–Crippen MR) is 61.3 cm³/mol. The van der Waals surface area contributed by atoms with Crippen molar-refractivity contribution in [2.45, 2.75) is 6.42 Å². The molecule has 0 radical (unpaired) electrons. The molecule has 1 aromatic rings. The average Bonchev–Trinajstić information content (AvgIpc) is 2.35. The Kier molecular flexibility index (Phi) is 4.79. The maximum Gasteiger partial charge on any atom is 0.310 e. The van der Waals surface area contributed by atoms with E-state index in [0.29, 0.717) is 13.0 Å². The molecule has 0 spiro atoms. The molecule has 0 amide bonds. The summed E-state index contributed by atoms with van der Waals surface area (Å²) in [6, 6.07) is 7.56. The number of carbonyl (C=O) groups is 1. The molecule has 4 heteroatoms. The lowest BCUT2D eigenvalue weighted by Gasteiger charge is -2.12. The minimum Gasteiger partial charge on any atom is -0.497 e. The smallest absolute Gasteiger partial charge is 0.310 e. The second-order valence-electron chi connectivity index (χ2n) is 3.51. The molecule has 0 saturated carbocycles. The van der Waals surface area contributed by atoms with Gasteiger partial charge < -0.3 is 15.2 Å². The van der Waals surface area contributed by atoms with Crippen molar-refractivity contribution in [2.24, 2.45) is 11.7 Å². The minimum absolute atomic E-state index is 0.265. The summed E-state index contributed by atoms with van der Waals surface area (Å²) in [5.41, 5.74) is 6.57. The lowest BCUT2D eigenvalue weighted by atomic mass is 9.99. The molecule has 0 aromatic heterocycles.